The fourth-order valence-corrected chi connectivity index (χ4v) is 1.82. The number of aliphatic hydroxyl groups excluding tert-OH is 1. The number of ether oxygens (including phenoxy) is 2. The van der Waals surface area contributed by atoms with E-state index >= 15 is 0 Å². The van der Waals surface area contributed by atoms with Gasteiger partial charge in [0.1, 0.15) is 0 Å². The van der Waals surface area contributed by atoms with E-state index in [1.807, 2.05) is 18.2 Å². The second kappa shape index (κ2) is 6.50. The average Bonchev–Trinajstić information content (AvgIpc) is 2.34. The van der Waals surface area contributed by atoms with Crippen LogP contribution in [0.1, 0.15) is 38.4 Å². The SMILES string of the molecule is COc1cccc(C(O)CCC(C)C)c1OC. The molecule has 3 heteroatoms. The quantitative estimate of drug-likeness (QED) is 0.827. The van der Waals surface area contributed by atoms with E-state index in [2.05, 4.69) is 13.8 Å². The predicted octanol–water partition coefficient (Wildman–Crippen LogP) is 3.17. The van der Waals surface area contributed by atoms with Crippen molar-refractivity contribution in [1.82, 2.24) is 0 Å². The molecule has 1 unspecified atom stereocenters. The second-order valence-electron chi connectivity index (χ2n) is 4.57. The van der Waals surface area contributed by atoms with Crippen molar-refractivity contribution in [1.29, 1.82) is 0 Å². The number of methoxy groups -OCH3 is 2. The van der Waals surface area contributed by atoms with Gasteiger partial charge in [-0.15, -0.1) is 0 Å². The van der Waals surface area contributed by atoms with Crippen molar-refractivity contribution < 1.29 is 14.6 Å². The largest absolute Gasteiger partial charge is 0.493 e. The van der Waals surface area contributed by atoms with Crippen molar-refractivity contribution in [2.75, 3.05) is 14.2 Å². The minimum absolute atomic E-state index is 0.498. The van der Waals surface area contributed by atoms with Gasteiger partial charge in [0.2, 0.25) is 0 Å². The Hall–Kier alpha value is -1.22. The smallest absolute Gasteiger partial charge is 0.166 e. The van der Waals surface area contributed by atoms with Crippen LogP contribution in [0.2, 0.25) is 0 Å². The summed E-state index contributed by atoms with van der Waals surface area (Å²) in [5.41, 5.74) is 0.799. The van der Waals surface area contributed by atoms with Gasteiger partial charge in [-0.05, 0) is 24.8 Å². The molecular weight excluding hydrogens is 216 g/mol. The van der Waals surface area contributed by atoms with Crippen molar-refractivity contribution in [3.63, 3.8) is 0 Å². The summed E-state index contributed by atoms with van der Waals surface area (Å²) < 4.78 is 10.5. The Morgan fingerprint density at radius 1 is 1.12 bits per heavy atom. The van der Waals surface area contributed by atoms with Gasteiger partial charge in [0.15, 0.2) is 11.5 Å². The van der Waals surface area contributed by atoms with Gasteiger partial charge in [-0.2, -0.15) is 0 Å². The molecule has 0 saturated carbocycles. The van der Waals surface area contributed by atoms with Crippen LogP contribution in [0, 0.1) is 5.92 Å². The third kappa shape index (κ3) is 3.63. The highest BCUT2D eigenvalue weighted by Crippen LogP contribution is 2.36. The van der Waals surface area contributed by atoms with Crippen LogP contribution in [0.3, 0.4) is 0 Å². The van der Waals surface area contributed by atoms with Crippen LogP contribution in [-0.2, 0) is 0 Å². The Morgan fingerprint density at radius 3 is 2.35 bits per heavy atom. The van der Waals surface area contributed by atoms with Crippen molar-refractivity contribution in [3.8, 4) is 11.5 Å². The number of para-hydroxylation sites is 1. The van der Waals surface area contributed by atoms with E-state index in [9.17, 15) is 5.11 Å². The molecular formula is C14H22O3. The lowest BCUT2D eigenvalue weighted by molar-refractivity contribution is 0.154. The zero-order chi connectivity index (χ0) is 12.8. The Kier molecular flexibility index (Phi) is 5.29. The molecule has 0 aliphatic carbocycles. The molecule has 1 rings (SSSR count). The summed E-state index contributed by atoms with van der Waals surface area (Å²) in [4.78, 5) is 0. The lowest BCUT2D eigenvalue weighted by atomic mass is 9.99. The summed E-state index contributed by atoms with van der Waals surface area (Å²) in [6.45, 7) is 4.30. The van der Waals surface area contributed by atoms with Crippen LogP contribution < -0.4 is 9.47 Å². The summed E-state index contributed by atoms with van der Waals surface area (Å²) >= 11 is 0. The van der Waals surface area contributed by atoms with Gasteiger partial charge >= 0.3 is 0 Å². The van der Waals surface area contributed by atoms with Crippen LogP contribution in [0.25, 0.3) is 0 Å². The number of hydrogen-bond donors (Lipinski definition) is 1. The molecule has 0 radical (unpaired) electrons. The van der Waals surface area contributed by atoms with Crippen LogP contribution in [-0.4, -0.2) is 19.3 Å². The average molecular weight is 238 g/mol. The van der Waals surface area contributed by atoms with Gasteiger partial charge in [0, 0.05) is 5.56 Å². The molecule has 0 heterocycles. The first kappa shape index (κ1) is 13.8. The Balaban J connectivity index is 2.88. The Bertz CT molecular complexity index is 347. The maximum absolute atomic E-state index is 10.2. The van der Waals surface area contributed by atoms with Crippen molar-refractivity contribution in [3.05, 3.63) is 23.8 Å². The van der Waals surface area contributed by atoms with E-state index in [1.54, 1.807) is 14.2 Å². The summed E-state index contributed by atoms with van der Waals surface area (Å²) in [6, 6.07) is 5.58. The molecule has 0 aliphatic rings. The molecule has 0 bridgehead atoms. The molecule has 0 amide bonds. The third-order valence-electron chi connectivity index (χ3n) is 2.81. The van der Waals surface area contributed by atoms with Gasteiger partial charge in [-0.3, -0.25) is 0 Å². The van der Waals surface area contributed by atoms with E-state index in [-0.39, 0.29) is 0 Å². The number of benzene rings is 1. The highest BCUT2D eigenvalue weighted by atomic mass is 16.5. The Morgan fingerprint density at radius 2 is 1.82 bits per heavy atom. The summed E-state index contributed by atoms with van der Waals surface area (Å²) in [5.74, 6) is 1.88. The lowest BCUT2D eigenvalue weighted by Crippen LogP contribution is -2.03. The molecule has 1 atom stereocenters. The van der Waals surface area contributed by atoms with E-state index in [0.717, 1.165) is 18.4 Å². The second-order valence-corrected chi connectivity index (χ2v) is 4.57. The number of rotatable bonds is 6. The zero-order valence-corrected chi connectivity index (χ0v) is 11.1. The summed E-state index contributed by atoms with van der Waals surface area (Å²) in [5, 5.41) is 10.2. The minimum atomic E-state index is -0.498. The van der Waals surface area contributed by atoms with E-state index in [1.165, 1.54) is 0 Å². The maximum Gasteiger partial charge on any atom is 0.166 e. The fourth-order valence-electron chi connectivity index (χ4n) is 1.82. The van der Waals surface area contributed by atoms with E-state index < -0.39 is 6.10 Å². The van der Waals surface area contributed by atoms with Gasteiger partial charge in [-0.25, -0.2) is 0 Å². The van der Waals surface area contributed by atoms with E-state index in [4.69, 9.17) is 9.47 Å². The van der Waals surface area contributed by atoms with Crippen LogP contribution >= 0.6 is 0 Å². The van der Waals surface area contributed by atoms with Crippen LogP contribution in [0.5, 0.6) is 11.5 Å². The minimum Gasteiger partial charge on any atom is -0.493 e. The Labute approximate surface area is 103 Å². The number of hydrogen-bond acceptors (Lipinski definition) is 3. The molecule has 0 aliphatic heterocycles. The third-order valence-corrected chi connectivity index (χ3v) is 2.81. The highest BCUT2D eigenvalue weighted by Gasteiger charge is 2.16. The van der Waals surface area contributed by atoms with Crippen LogP contribution in [0.4, 0.5) is 0 Å². The fraction of sp³-hybridized carbons (Fsp3) is 0.571. The molecule has 1 aromatic rings. The number of aliphatic hydroxyl groups is 1. The van der Waals surface area contributed by atoms with Crippen molar-refractivity contribution >= 4 is 0 Å². The predicted molar refractivity (Wildman–Crippen MR) is 68.6 cm³/mol. The monoisotopic (exact) mass is 238 g/mol. The first-order valence-electron chi connectivity index (χ1n) is 5.99. The van der Waals surface area contributed by atoms with E-state index in [0.29, 0.717) is 17.4 Å². The van der Waals surface area contributed by atoms with Gasteiger partial charge in [0.25, 0.3) is 0 Å². The summed E-state index contributed by atoms with van der Waals surface area (Å²) in [6.07, 6.45) is 1.23. The first-order valence-corrected chi connectivity index (χ1v) is 5.99. The van der Waals surface area contributed by atoms with Crippen molar-refractivity contribution in [2.45, 2.75) is 32.8 Å². The molecule has 1 N–H and O–H groups in total. The lowest BCUT2D eigenvalue weighted by Gasteiger charge is -2.17. The molecule has 0 spiro atoms. The van der Waals surface area contributed by atoms with Gasteiger partial charge in [0.05, 0.1) is 20.3 Å². The molecule has 0 aromatic heterocycles. The maximum atomic E-state index is 10.2. The van der Waals surface area contributed by atoms with Crippen LogP contribution in [0.15, 0.2) is 18.2 Å². The molecule has 1 aromatic carbocycles. The molecule has 0 fully saturated rings. The van der Waals surface area contributed by atoms with Gasteiger partial charge < -0.3 is 14.6 Å². The van der Waals surface area contributed by atoms with Crippen molar-refractivity contribution in [2.24, 2.45) is 5.92 Å². The van der Waals surface area contributed by atoms with Gasteiger partial charge in [-0.1, -0.05) is 26.0 Å². The molecule has 3 nitrogen and oxygen atoms in total. The standard InChI is InChI=1S/C14H22O3/c1-10(2)8-9-12(15)11-6-5-7-13(16-3)14(11)17-4/h5-7,10,12,15H,8-9H2,1-4H3. The topological polar surface area (TPSA) is 38.7 Å². The molecule has 96 valence electrons. The first-order chi connectivity index (χ1) is 8.10. The molecule has 17 heavy (non-hydrogen) atoms. The zero-order valence-electron chi connectivity index (χ0n) is 11.1. The molecule has 0 saturated heterocycles. The normalized spacial score (nSPS) is 12.6. The summed E-state index contributed by atoms with van der Waals surface area (Å²) in [7, 11) is 3.19. The highest BCUT2D eigenvalue weighted by molar-refractivity contribution is 5.47.